The van der Waals surface area contributed by atoms with E-state index >= 15 is 0 Å². The van der Waals surface area contributed by atoms with Crippen molar-refractivity contribution in [2.45, 2.75) is 39.3 Å². The Bertz CT molecular complexity index is 272. The quantitative estimate of drug-likeness (QED) is 0.327. The van der Waals surface area contributed by atoms with E-state index in [-0.39, 0.29) is 12.5 Å². The van der Waals surface area contributed by atoms with Gasteiger partial charge in [0.1, 0.15) is 0 Å². The van der Waals surface area contributed by atoms with Crippen molar-refractivity contribution in [3.8, 4) is 0 Å². The highest BCUT2D eigenvalue weighted by molar-refractivity contribution is 5.81. The summed E-state index contributed by atoms with van der Waals surface area (Å²) in [6, 6.07) is 0. The average molecular weight is 215 g/mol. The summed E-state index contributed by atoms with van der Waals surface area (Å²) in [5, 5.41) is 12.7. The molecule has 0 saturated carbocycles. The third-order valence-corrected chi connectivity index (χ3v) is 2.03. The van der Waals surface area contributed by atoms with Gasteiger partial charge in [0.05, 0.1) is 12.7 Å². The summed E-state index contributed by atoms with van der Waals surface area (Å²) in [4.78, 5) is 14.1. The van der Waals surface area contributed by atoms with Crippen molar-refractivity contribution in [1.29, 1.82) is 0 Å². The lowest BCUT2D eigenvalue weighted by Gasteiger charge is -2.25. The van der Waals surface area contributed by atoms with Crippen LogP contribution in [0, 0.1) is 5.92 Å². The minimum atomic E-state index is -1.55. The number of nitrogens with zero attached hydrogens (tertiary/aromatic N) is 3. The summed E-state index contributed by atoms with van der Waals surface area (Å²) < 4.78 is 4.92. The molecule has 0 rings (SSSR count). The van der Waals surface area contributed by atoms with Crippen LogP contribution in [-0.2, 0) is 9.53 Å². The molecule has 0 aromatic carbocycles. The van der Waals surface area contributed by atoms with E-state index in [9.17, 15) is 9.90 Å². The number of esters is 1. The maximum Gasteiger partial charge on any atom is 0.320 e. The van der Waals surface area contributed by atoms with Crippen molar-refractivity contribution in [3.05, 3.63) is 10.4 Å². The van der Waals surface area contributed by atoms with Gasteiger partial charge in [-0.25, -0.2) is 0 Å². The molecule has 0 fully saturated rings. The minimum Gasteiger partial charge on any atom is -0.465 e. The van der Waals surface area contributed by atoms with E-state index in [1.807, 2.05) is 13.8 Å². The molecule has 0 bridgehead atoms. The fraction of sp³-hybridized carbons (Fsp3) is 0.889. The number of aliphatic hydroxyl groups is 1. The summed E-state index contributed by atoms with van der Waals surface area (Å²) >= 11 is 0. The Hall–Kier alpha value is -1.26. The molecule has 0 heterocycles. The predicted octanol–water partition coefficient (Wildman–Crippen LogP) is 1.64. The van der Waals surface area contributed by atoms with Crippen molar-refractivity contribution >= 4 is 5.97 Å². The van der Waals surface area contributed by atoms with E-state index in [1.165, 1.54) is 13.8 Å². The van der Waals surface area contributed by atoms with E-state index in [1.54, 1.807) is 0 Å². The first-order chi connectivity index (χ1) is 6.84. The highest BCUT2D eigenvalue weighted by Gasteiger charge is 2.39. The van der Waals surface area contributed by atoms with Crippen LogP contribution in [0.15, 0.2) is 5.11 Å². The Labute approximate surface area is 88.9 Å². The number of hydrogen-bond donors (Lipinski definition) is 1. The van der Waals surface area contributed by atoms with Crippen LogP contribution in [0.4, 0.5) is 0 Å². The van der Waals surface area contributed by atoms with Gasteiger partial charge in [0.2, 0.25) is 0 Å². The molecule has 0 radical (unpaired) electrons. The van der Waals surface area contributed by atoms with Crippen LogP contribution in [0.3, 0.4) is 0 Å². The normalized spacial score (nSPS) is 16.4. The molecule has 0 aromatic heterocycles. The first-order valence-corrected chi connectivity index (χ1v) is 4.76. The molecule has 0 unspecified atom stereocenters. The third kappa shape index (κ3) is 3.77. The zero-order valence-corrected chi connectivity index (χ0v) is 9.47. The smallest absolute Gasteiger partial charge is 0.320 e. The standard InChI is InChI=1S/C9H17N3O3/c1-6(2)5-15-8(14)9(4,7(3)13)11-12-10/h6-7,13H,5H2,1-4H3/t7-,9+/m1/s1. The molecular formula is C9H17N3O3. The number of carbonyl (C=O) groups is 1. The van der Waals surface area contributed by atoms with Gasteiger partial charge in [-0.05, 0) is 25.3 Å². The zero-order chi connectivity index (χ0) is 12.1. The Balaban J connectivity index is 4.64. The molecule has 0 aliphatic carbocycles. The van der Waals surface area contributed by atoms with Crippen LogP contribution < -0.4 is 0 Å². The molecule has 0 spiro atoms. The molecule has 86 valence electrons. The monoisotopic (exact) mass is 215 g/mol. The van der Waals surface area contributed by atoms with Crippen LogP contribution in [0.2, 0.25) is 0 Å². The van der Waals surface area contributed by atoms with Gasteiger partial charge in [0.15, 0.2) is 5.54 Å². The van der Waals surface area contributed by atoms with Crippen LogP contribution in [0.5, 0.6) is 0 Å². The van der Waals surface area contributed by atoms with Crippen LogP contribution in [0.25, 0.3) is 10.4 Å². The largest absolute Gasteiger partial charge is 0.465 e. The second-order valence-electron chi connectivity index (χ2n) is 4.01. The molecule has 1 N–H and O–H groups in total. The summed E-state index contributed by atoms with van der Waals surface area (Å²) in [5.74, 6) is -0.512. The summed E-state index contributed by atoms with van der Waals surface area (Å²) in [6.45, 7) is 6.74. The molecule has 6 nitrogen and oxygen atoms in total. The second-order valence-corrected chi connectivity index (χ2v) is 4.01. The van der Waals surface area contributed by atoms with Gasteiger partial charge in [-0.2, -0.15) is 0 Å². The molecule has 2 atom stereocenters. The summed E-state index contributed by atoms with van der Waals surface area (Å²) in [5.41, 5.74) is 6.76. The highest BCUT2D eigenvalue weighted by Crippen LogP contribution is 2.18. The number of rotatable bonds is 5. The number of aliphatic hydroxyl groups excluding tert-OH is 1. The first-order valence-electron chi connectivity index (χ1n) is 4.76. The molecule has 0 aliphatic rings. The molecular weight excluding hydrogens is 198 g/mol. The topological polar surface area (TPSA) is 95.3 Å². The molecule has 0 amide bonds. The first kappa shape index (κ1) is 13.7. The van der Waals surface area contributed by atoms with Crippen LogP contribution in [-0.4, -0.2) is 29.3 Å². The van der Waals surface area contributed by atoms with Gasteiger partial charge in [-0.3, -0.25) is 4.79 Å². The van der Waals surface area contributed by atoms with Gasteiger partial charge in [0.25, 0.3) is 0 Å². The summed E-state index contributed by atoms with van der Waals surface area (Å²) in [6.07, 6.45) is -1.09. The van der Waals surface area contributed by atoms with Gasteiger partial charge in [-0.15, -0.1) is 0 Å². The van der Waals surface area contributed by atoms with E-state index in [4.69, 9.17) is 10.3 Å². The number of carbonyl (C=O) groups excluding carboxylic acids is 1. The van der Waals surface area contributed by atoms with Gasteiger partial charge in [0, 0.05) is 4.91 Å². The van der Waals surface area contributed by atoms with E-state index in [0.717, 1.165) is 0 Å². The fourth-order valence-electron chi connectivity index (χ4n) is 0.776. The van der Waals surface area contributed by atoms with E-state index in [2.05, 4.69) is 10.0 Å². The summed E-state index contributed by atoms with van der Waals surface area (Å²) in [7, 11) is 0. The Kier molecular flexibility index (Phi) is 5.11. The lowest BCUT2D eigenvalue weighted by molar-refractivity contribution is -0.154. The molecule has 6 heteroatoms. The van der Waals surface area contributed by atoms with E-state index in [0.29, 0.717) is 0 Å². The lowest BCUT2D eigenvalue weighted by Crippen LogP contribution is -2.44. The molecule has 0 aliphatic heterocycles. The number of hydrogen-bond acceptors (Lipinski definition) is 4. The van der Waals surface area contributed by atoms with Crippen molar-refractivity contribution < 1.29 is 14.6 Å². The maximum absolute atomic E-state index is 11.6. The zero-order valence-electron chi connectivity index (χ0n) is 9.47. The van der Waals surface area contributed by atoms with Crippen molar-refractivity contribution in [3.63, 3.8) is 0 Å². The Morgan fingerprint density at radius 1 is 1.60 bits per heavy atom. The molecule has 15 heavy (non-hydrogen) atoms. The van der Waals surface area contributed by atoms with Gasteiger partial charge < -0.3 is 9.84 Å². The number of ether oxygens (including phenoxy) is 1. The third-order valence-electron chi connectivity index (χ3n) is 2.03. The van der Waals surface area contributed by atoms with Crippen molar-refractivity contribution in [2.24, 2.45) is 11.0 Å². The van der Waals surface area contributed by atoms with Gasteiger partial charge >= 0.3 is 5.97 Å². The minimum absolute atomic E-state index is 0.193. The predicted molar refractivity (Wildman–Crippen MR) is 55.0 cm³/mol. The SMILES string of the molecule is CC(C)COC(=O)[C@@](C)(N=[N+]=[N-])[C@@H](C)O. The maximum atomic E-state index is 11.6. The number of azide groups is 1. The lowest BCUT2D eigenvalue weighted by atomic mass is 9.97. The molecule has 0 aromatic rings. The molecule has 0 saturated heterocycles. The average Bonchev–Trinajstić information content (AvgIpc) is 2.13. The van der Waals surface area contributed by atoms with Crippen LogP contribution in [0.1, 0.15) is 27.7 Å². The van der Waals surface area contributed by atoms with E-state index < -0.39 is 17.6 Å². The van der Waals surface area contributed by atoms with Crippen molar-refractivity contribution in [1.82, 2.24) is 0 Å². The second kappa shape index (κ2) is 5.58. The fourth-order valence-corrected chi connectivity index (χ4v) is 0.776. The Morgan fingerprint density at radius 3 is 2.47 bits per heavy atom. The van der Waals surface area contributed by atoms with Gasteiger partial charge in [-0.1, -0.05) is 19.0 Å². The highest BCUT2D eigenvalue weighted by atomic mass is 16.5. The van der Waals surface area contributed by atoms with Crippen molar-refractivity contribution in [2.75, 3.05) is 6.61 Å². The Morgan fingerprint density at radius 2 is 2.13 bits per heavy atom. The van der Waals surface area contributed by atoms with Crippen LogP contribution >= 0.6 is 0 Å².